The summed E-state index contributed by atoms with van der Waals surface area (Å²) in [6.07, 6.45) is 4.29. The van der Waals surface area contributed by atoms with Crippen LogP contribution in [0.1, 0.15) is 23.1 Å². The molecule has 0 radical (unpaired) electrons. The molecular weight excluding hydrogens is 186 g/mol. The number of rotatable bonds is 3. The summed E-state index contributed by atoms with van der Waals surface area (Å²) in [5.41, 5.74) is 4.43. The quantitative estimate of drug-likeness (QED) is 0.806. The van der Waals surface area contributed by atoms with Gasteiger partial charge < -0.3 is 10.1 Å². The largest absolute Gasteiger partial charge is 0.371 e. The van der Waals surface area contributed by atoms with Crippen LogP contribution in [0, 0.1) is 0 Å². The second-order valence-electron chi connectivity index (χ2n) is 4.55. The van der Waals surface area contributed by atoms with E-state index in [2.05, 4.69) is 23.5 Å². The average Bonchev–Trinajstić information content (AvgIpc) is 2.62. The lowest BCUT2D eigenvalue weighted by Crippen LogP contribution is -2.48. The zero-order valence-corrected chi connectivity index (χ0v) is 8.96. The van der Waals surface area contributed by atoms with Gasteiger partial charge >= 0.3 is 0 Å². The Morgan fingerprint density at radius 1 is 1.20 bits per heavy atom. The first-order valence-electron chi connectivity index (χ1n) is 5.85. The Morgan fingerprint density at radius 3 is 2.87 bits per heavy atom. The van der Waals surface area contributed by atoms with Crippen LogP contribution in [0.2, 0.25) is 0 Å². The fraction of sp³-hybridized carbons (Fsp3) is 0.538. The van der Waals surface area contributed by atoms with Crippen molar-refractivity contribution in [3.63, 3.8) is 0 Å². The van der Waals surface area contributed by atoms with Crippen LogP contribution in [0.15, 0.2) is 18.2 Å². The number of hydrogen-bond donors (Lipinski definition) is 1. The van der Waals surface area contributed by atoms with E-state index in [1.165, 1.54) is 24.8 Å². The summed E-state index contributed by atoms with van der Waals surface area (Å²) in [4.78, 5) is 0. The molecule has 80 valence electrons. The maximum absolute atomic E-state index is 5.76. The minimum atomic E-state index is 0.443. The van der Waals surface area contributed by atoms with Gasteiger partial charge in [-0.15, -0.1) is 0 Å². The molecule has 1 fully saturated rings. The SMILES string of the molecule is c1cc2c(cc1COC1CNC1)CCC2. The van der Waals surface area contributed by atoms with Gasteiger partial charge in [-0.05, 0) is 36.0 Å². The summed E-state index contributed by atoms with van der Waals surface area (Å²) in [5, 5.41) is 3.21. The number of fused-ring (bicyclic) bond motifs is 1. The molecule has 0 aromatic heterocycles. The third-order valence-corrected chi connectivity index (χ3v) is 3.39. The van der Waals surface area contributed by atoms with Crippen LogP contribution in [0.5, 0.6) is 0 Å². The van der Waals surface area contributed by atoms with Gasteiger partial charge in [0, 0.05) is 13.1 Å². The molecule has 2 aliphatic rings. The highest BCUT2D eigenvalue weighted by Gasteiger charge is 2.17. The molecule has 0 unspecified atom stereocenters. The molecule has 15 heavy (non-hydrogen) atoms. The molecule has 0 bridgehead atoms. The molecule has 2 heteroatoms. The van der Waals surface area contributed by atoms with E-state index in [0.717, 1.165) is 19.7 Å². The van der Waals surface area contributed by atoms with Crippen molar-refractivity contribution in [1.29, 1.82) is 0 Å². The summed E-state index contributed by atoms with van der Waals surface area (Å²) < 4.78 is 5.76. The van der Waals surface area contributed by atoms with Crippen molar-refractivity contribution in [1.82, 2.24) is 5.32 Å². The van der Waals surface area contributed by atoms with Gasteiger partial charge in [0.2, 0.25) is 0 Å². The monoisotopic (exact) mass is 203 g/mol. The van der Waals surface area contributed by atoms with Crippen molar-refractivity contribution in [2.75, 3.05) is 13.1 Å². The lowest BCUT2D eigenvalue weighted by Gasteiger charge is -2.27. The predicted octanol–water partition coefficient (Wildman–Crippen LogP) is 1.66. The van der Waals surface area contributed by atoms with Crippen LogP contribution in [0.3, 0.4) is 0 Å². The first-order chi connectivity index (χ1) is 7.42. The van der Waals surface area contributed by atoms with Crippen molar-refractivity contribution < 1.29 is 4.74 Å². The molecule has 1 aliphatic carbocycles. The van der Waals surface area contributed by atoms with Gasteiger partial charge in [-0.1, -0.05) is 18.2 Å². The van der Waals surface area contributed by atoms with E-state index in [9.17, 15) is 0 Å². The molecule has 1 saturated heterocycles. The van der Waals surface area contributed by atoms with Crippen LogP contribution in [0.4, 0.5) is 0 Å². The summed E-state index contributed by atoms with van der Waals surface area (Å²) in [6, 6.07) is 6.82. The highest BCUT2D eigenvalue weighted by Crippen LogP contribution is 2.23. The third-order valence-electron chi connectivity index (χ3n) is 3.39. The summed E-state index contributed by atoms with van der Waals surface area (Å²) in [6.45, 7) is 2.81. The van der Waals surface area contributed by atoms with E-state index in [-0.39, 0.29) is 0 Å². The predicted molar refractivity (Wildman–Crippen MR) is 59.9 cm³/mol. The van der Waals surface area contributed by atoms with Crippen LogP contribution in [-0.4, -0.2) is 19.2 Å². The van der Waals surface area contributed by atoms with E-state index in [1.54, 1.807) is 11.1 Å². The fourth-order valence-corrected chi connectivity index (χ4v) is 2.31. The molecule has 1 aliphatic heterocycles. The third kappa shape index (κ3) is 1.92. The molecule has 1 aromatic carbocycles. The molecule has 1 heterocycles. The van der Waals surface area contributed by atoms with E-state index in [0.29, 0.717) is 6.10 Å². The number of benzene rings is 1. The Morgan fingerprint density at radius 2 is 2.07 bits per heavy atom. The van der Waals surface area contributed by atoms with E-state index in [4.69, 9.17) is 4.74 Å². The van der Waals surface area contributed by atoms with Gasteiger partial charge in [0.1, 0.15) is 0 Å². The normalized spacial score (nSPS) is 20.0. The Labute approximate surface area is 90.6 Å². The minimum Gasteiger partial charge on any atom is -0.371 e. The van der Waals surface area contributed by atoms with Gasteiger partial charge in [0.15, 0.2) is 0 Å². The first-order valence-corrected chi connectivity index (χ1v) is 5.85. The molecule has 1 N–H and O–H groups in total. The van der Waals surface area contributed by atoms with Gasteiger partial charge in [-0.2, -0.15) is 0 Å². The van der Waals surface area contributed by atoms with Crippen LogP contribution in [-0.2, 0) is 24.2 Å². The fourth-order valence-electron chi connectivity index (χ4n) is 2.31. The molecule has 1 aromatic rings. The Hall–Kier alpha value is -0.860. The molecule has 2 nitrogen and oxygen atoms in total. The second-order valence-corrected chi connectivity index (χ2v) is 4.55. The average molecular weight is 203 g/mol. The molecule has 0 amide bonds. The van der Waals surface area contributed by atoms with Crippen molar-refractivity contribution in [2.24, 2.45) is 0 Å². The molecule has 3 rings (SSSR count). The lowest BCUT2D eigenvalue weighted by atomic mass is 10.1. The second kappa shape index (κ2) is 3.95. The van der Waals surface area contributed by atoms with E-state index in [1.807, 2.05) is 0 Å². The number of ether oxygens (including phenoxy) is 1. The molecule has 0 spiro atoms. The highest BCUT2D eigenvalue weighted by atomic mass is 16.5. The number of nitrogens with one attached hydrogen (secondary N) is 1. The van der Waals surface area contributed by atoms with Gasteiger partial charge in [-0.3, -0.25) is 0 Å². The lowest BCUT2D eigenvalue weighted by molar-refractivity contribution is 0.00756. The summed E-state index contributed by atoms with van der Waals surface area (Å²) in [7, 11) is 0. The Balaban J connectivity index is 1.64. The van der Waals surface area contributed by atoms with Gasteiger partial charge in [-0.25, -0.2) is 0 Å². The topological polar surface area (TPSA) is 21.3 Å². The van der Waals surface area contributed by atoms with E-state index < -0.39 is 0 Å². The first kappa shape index (κ1) is 9.37. The zero-order chi connectivity index (χ0) is 10.1. The Kier molecular flexibility index (Phi) is 2.47. The molecule has 0 saturated carbocycles. The standard InChI is InChI=1S/C13H17NO/c1-2-11-5-4-10(6-12(11)3-1)9-15-13-7-14-8-13/h4-6,13-14H,1-3,7-9H2. The number of hydrogen-bond acceptors (Lipinski definition) is 2. The maximum atomic E-state index is 5.76. The van der Waals surface area contributed by atoms with Crippen molar-refractivity contribution in [2.45, 2.75) is 32.0 Å². The number of aryl methyl sites for hydroxylation is 2. The smallest absolute Gasteiger partial charge is 0.0828 e. The van der Waals surface area contributed by atoms with Crippen molar-refractivity contribution >= 4 is 0 Å². The van der Waals surface area contributed by atoms with Crippen LogP contribution >= 0.6 is 0 Å². The summed E-state index contributed by atoms with van der Waals surface area (Å²) >= 11 is 0. The van der Waals surface area contributed by atoms with Crippen molar-refractivity contribution in [3.05, 3.63) is 34.9 Å². The summed E-state index contributed by atoms with van der Waals surface area (Å²) in [5.74, 6) is 0. The minimum absolute atomic E-state index is 0.443. The van der Waals surface area contributed by atoms with Gasteiger partial charge in [0.05, 0.1) is 12.7 Å². The maximum Gasteiger partial charge on any atom is 0.0828 e. The zero-order valence-electron chi connectivity index (χ0n) is 8.96. The van der Waals surface area contributed by atoms with Crippen LogP contribution in [0.25, 0.3) is 0 Å². The highest BCUT2D eigenvalue weighted by molar-refractivity contribution is 5.35. The van der Waals surface area contributed by atoms with E-state index >= 15 is 0 Å². The molecule has 0 atom stereocenters. The van der Waals surface area contributed by atoms with Gasteiger partial charge in [0.25, 0.3) is 0 Å². The van der Waals surface area contributed by atoms with Crippen LogP contribution < -0.4 is 5.32 Å². The van der Waals surface area contributed by atoms with Crippen molar-refractivity contribution in [3.8, 4) is 0 Å². The Bertz CT molecular complexity index is 358. The molecular formula is C13H17NO.